The fourth-order valence-corrected chi connectivity index (χ4v) is 3.16. The van der Waals surface area contributed by atoms with E-state index in [-0.39, 0.29) is 6.61 Å². The van der Waals surface area contributed by atoms with Crippen molar-refractivity contribution in [2.75, 3.05) is 13.7 Å². The molecule has 1 aromatic rings. The van der Waals surface area contributed by atoms with Crippen molar-refractivity contribution in [3.05, 3.63) is 29.3 Å². The Hall–Kier alpha value is -1.06. The van der Waals surface area contributed by atoms with Gasteiger partial charge in [0.25, 0.3) is 0 Å². The fraction of sp³-hybridized carbons (Fsp3) is 0.647. The summed E-state index contributed by atoms with van der Waals surface area (Å²) in [6.45, 7) is 4.21. The Labute approximate surface area is 122 Å². The van der Waals surface area contributed by atoms with Gasteiger partial charge in [-0.3, -0.25) is 0 Å². The average Bonchev–Trinajstić information content (AvgIpc) is 2.48. The van der Waals surface area contributed by atoms with Gasteiger partial charge in [0.1, 0.15) is 5.75 Å². The summed E-state index contributed by atoms with van der Waals surface area (Å²) < 4.78 is 5.49. The molecule has 1 aliphatic rings. The molecular formula is C17H27NO2. The third kappa shape index (κ3) is 3.33. The predicted molar refractivity (Wildman–Crippen MR) is 82.2 cm³/mol. The van der Waals surface area contributed by atoms with Crippen molar-refractivity contribution in [3.63, 3.8) is 0 Å². The van der Waals surface area contributed by atoms with Gasteiger partial charge in [-0.25, -0.2) is 0 Å². The summed E-state index contributed by atoms with van der Waals surface area (Å²) in [5.74, 6) is 0.843. The molecule has 2 rings (SSSR count). The third-order valence-corrected chi connectivity index (χ3v) is 4.39. The number of nitrogens with one attached hydrogen (secondary N) is 1. The lowest BCUT2D eigenvalue weighted by Crippen LogP contribution is -2.49. The lowest BCUT2D eigenvalue weighted by molar-refractivity contribution is 0.148. The first-order chi connectivity index (χ1) is 9.59. The van der Waals surface area contributed by atoms with Crippen LogP contribution in [0.5, 0.6) is 5.75 Å². The molecule has 20 heavy (non-hydrogen) atoms. The zero-order chi connectivity index (χ0) is 14.6. The molecule has 1 aromatic carbocycles. The Bertz CT molecular complexity index is 441. The number of hydrogen-bond acceptors (Lipinski definition) is 3. The van der Waals surface area contributed by atoms with E-state index in [0.717, 1.165) is 11.3 Å². The number of aryl methyl sites for hydroxylation is 1. The highest BCUT2D eigenvalue weighted by Gasteiger charge is 2.32. The van der Waals surface area contributed by atoms with Gasteiger partial charge >= 0.3 is 0 Å². The molecule has 1 aliphatic carbocycles. The van der Waals surface area contributed by atoms with Gasteiger partial charge in [-0.1, -0.05) is 37.0 Å². The lowest BCUT2D eigenvalue weighted by atomic mass is 9.87. The third-order valence-electron chi connectivity index (χ3n) is 4.39. The van der Waals surface area contributed by atoms with Crippen LogP contribution in [-0.4, -0.2) is 24.9 Å². The van der Waals surface area contributed by atoms with E-state index < -0.39 is 5.54 Å². The monoisotopic (exact) mass is 277 g/mol. The molecule has 0 spiro atoms. The molecule has 0 aromatic heterocycles. The maximum Gasteiger partial charge on any atom is 0.124 e. The summed E-state index contributed by atoms with van der Waals surface area (Å²) in [5.41, 5.74) is 1.79. The second kappa shape index (κ2) is 6.59. The Balaban J connectivity index is 2.26. The molecule has 0 bridgehead atoms. The second-order valence-corrected chi connectivity index (χ2v) is 6.17. The van der Waals surface area contributed by atoms with Crippen LogP contribution in [0.1, 0.15) is 50.2 Å². The van der Waals surface area contributed by atoms with Gasteiger partial charge in [0.2, 0.25) is 0 Å². The van der Waals surface area contributed by atoms with Gasteiger partial charge in [-0.05, 0) is 32.8 Å². The largest absolute Gasteiger partial charge is 0.496 e. The van der Waals surface area contributed by atoms with Crippen LogP contribution in [0.15, 0.2) is 18.2 Å². The lowest BCUT2D eigenvalue weighted by Gasteiger charge is -2.36. The van der Waals surface area contributed by atoms with Crippen molar-refractivity contribution in [1.82, 2.24) is 5.32 Å². The summed E-state index contributed by atoms with van der Waals surface area (Å²) >= 11 is 0. The van der Waals surface area contributed by atoms with Gasteiger partial charge in [-0.2, -0.15) is 0 Å². The molecule has 0 radical (unpaired) electrons. The molecule has 1 saturated carbocycles. The molecule has 2 N–H and O–H groups in total. The van der Waals surface area contributed by atoms with E-state index >= 15 is 0 Å². The van der Waals surface area contributed by atoms with E-state index in [9.17, 15) is 5.11 Å². The summed E-state index contributed by atoms with van der Waals surface area (Å²) in [6.07, 6.45) is 6.30. The van der Waals surface area contributed by atoms with E-state index in [1.807, 2.05) is 12.1 Å². The van der Waals surface area contributed by atoms with Gasteiger partial charge in [0.05, 0.1) is 19.3 Å². The number of aliphatic hydroxyl groups is 1. The maximum absolute atomic E-state index is 9.96. The zero-order valence-corrected chi connectivity index (χ0v) is 12.9. The molecule has 0 aliphatic heterocycles. The number of rotatable bonds is 5. The standard InChI is InChI=1S/C17H27NO2/c1-13-9-10-16(20-3)15(11-13)17(2,12-19)18-14-7-5-4-6-8-14/h9-11,14,18-19H,4-8,12H2,1-3H3. The van der Waals surface area contributed by atoms with Gasteiger partial charge in [0.15, 0.2) is 0 Å². The Morgan fingerprint density at radius 1 is 1.30 bits per heavy atom. The molecule has 3 heteroatoms. The Morgan fingerprint density at radius 2 is 2.00 bits per heavy atom. The van der Waals surface area contributed by atoms with Crippen LogP contribution in [0.25, 0.3) is 0 Å². The van der Waals surface area contributed by atoms with Crippen LogP contribution in [0.4, 0.5) is 0 Å². The van der Waals surface area contributed by atoms with Crippen LogP contribution < -0.4 is 10.1 Å². The van der Waals surface area contributed by atoms with Crippen molar-refractivity contribution < 1.29 is 9.84 Å². The molecule has 3 nitrogen and oxygen atoms in total. The Kier molecular flexibility index (Phi) is 5.06. The first-order valence-corrected chi connectivity index (χ1v) is 7.63. The molecule has 0 saturated heterocycles. The fourth-order valence-electron chi connectivity index (χ4n) is 3.16. The van der Waals surface area contributed by atoms with Crippen molar-refractivity contribution in [2.24, 2.45) is 0 Å². The molecule has 0 heterocycles. The molecule has 0 amide bonds. The second-order valence-electron chi connectivity index (χ2n) is 6.17. The minimum Gasteiger partial charge on any atom is -0.496 e. The minimum atomic E-state index is -0.445. The summed E-state index contributed by atoms with van der Waals surface area (Å²) in [5, 5.41) is 13.6. The summed E-state index contributed by atoms with van der Waals surface area (Å²) in [4.78, 5) is 0. The number of hydrogen-bond donors (Lipinski definition) is 2. The highest BCUT2D eigenvalue weighted by molar-refractivity contribution is 5.42. The highest BCUT2D eigenvalue weighted by Crippen LogP contribution is 2.32. The van der Waals surface area contributed by atoms with Crippen LogP contribution in [0.3, 0.4) is 0 Å². The van der Waals surface area contributed by atoms with Crippen LogP contribution in [-0.2, 0) is 5.54 Å². The quantitative estimate of drug-likeness (QED) is 0.869. The molecule has 112 valence electrons. The first-order valence-electron chi connectivity index (χ1n) is 7.63. The van der Waals surface area contributed by atoms with Gasteiger partial charge in [0, 0.05) is 11.6 Å². The average molecular weight is 277 g/mol. The molecule has 1 atom stereocenters. The van der Waals surface area contributed by atoms with Crippen LogP contribution >= 0.6 is 0 Å². The topological polar surface area (TPSA) is 41.5 Å². The van der Waals surface area contributed by atoms with E-state index in [0.29, 0.717) is 6.04 Å². The smallest absolute Gasteiger partial charge is 0.124 e. The van der Waals surface area contributed by atoms with E-state index in [2.05, 4.69) is 25.2 Å². The number of methoxy groups -OCH3 is 1. The maximum atomic E-state index is 9.96. The van der Waals surface area contributed by atoms with Crippen molar-refractivity contribution >= 4 is 0 Å². The number of ether oxygens (including phenoxy) is 1. The summed E-state index contributed by atoms with van der Waals surface area (Å²) in [6, 6.07) is 6.64. The molecule has 1 fully saturated rings. The SMILES string of the molecule is COc1ccc(C)cc1C(C)(CO)NC1CCCCC1. The minimum absolute atomic E-state index is 0.0727. The van der Waals surface area contributed by atoms with Gasteiger partial charge in [-0.15, -0.1) is 0 Å². The van der Waals surface area contributed by atoms with Crippen molar-refractivity contribution in [2.45, 2.75) is 57.5 Å². The van der Waals surface area contributed by atoms with Gasteiger partial charge < -0.3 is 15.2 Å². The van der Waals surface area contributed by atoms with Crippen molar-refractivity contribution in [3.8, 4) is 5.75 Å². The highest BCUT2D eigenvalue weighted by atomic mass is 16.5. The predicted octanol–water partition coefficient (Wildman–Crippen LogP) is 3.13. The molecule has 1 unspecified atom stereocenters. The first kappa shape index (κ1) is 15.3. The normalized spacial score (nSPS) is 19.6. The van der Waals surface area contributed by atoms with Crippen molar-refractivity contribution in [1.29, 1.82) is 0 Å². The zero-order valence-electron chi connectivity index (χ0n) is 12.9. The van der Waals surface area contributed by atoms with Crippen LogP contribution in [0.2, 0.25) is 0 Å². The number of aliphatic hydroxyl groups excluding tert-OH is 1. The Morgan fingerprint density at radius 3 is 2.60 bits per heavy atom. The van der Waals surface area contributed by atoms with E-state index in [1.54, 1.807) is 7.11 Å². The van der Waals surface area contributed by atoms with E-state index in [4.69, 9.17) is 4.74 Å². The van der Waals surface area contributed by atoms with Crippen LogP contribution in [0, 0.1) is 6.92 Å². The number of benzene rings is 1. The molecular weight excluding hydrogens is 250 g/mol. The summed E-state index contributed by atoms with van der Waals surface area (Å²) in [7, 11) is 1.69. The van der Waals surface area contributed by atoms with E-state index in [1.165, 1.54) is 37.7 Å².